The third-order valence-corrected chi connectivity index (χ3v) is 3.73. The Morgan fingerprint density at radius 3 is 2.67 bits per heavy atom. The van der Waals surface area contributed by atoms with Crippen molar-refractivity contribution in [2.24, 2.45) is 0 Å². The van der Waals surface area contributed by atoms with Gasteiger partial charge in [0.05, 0.1) is 0 Å². The third-order valence-electron chi connectivity index (χ3n) is 2.66. The molecule has 0 aromatic carbocycles. The summed E-state index contributed by atoms with van der Waals surface area (Å²) in [5.74, 6) is -0.188. The molecule has 1 amide bonds. The van der Waals surface area contributed by atoms with Gasteiger partial charge in [-0.25, -0.2) is 0 Å². The number of carbonyl (C=O) groups excluding carboxylic acids is 1. The number of alkyl halides is 1. The van der Waals surface area contributed by atoms with Crippen LogP contribution in [0.4, 0.5) is 0 Å². The second-order valence-electron chi connectivity index (χ2n) is 3.46. The van der Waals surface area contributed by atoms with E-state index in [1.807, 2.05) is 13.8 Å². The zero-order chi connectivity index (χ0) is 11.3. The number of amides is 1. The Kier molecular flexibility index (Phi) is 4.32. The van der Waals surface area contributed by atoms with E-state index < -0.39 is 0 Å². The van der Waals surface area contributed by atoms with Crippen LogP contribution in [-0.2, 0) is 0 Å². The van der Waals surface area contributed by atoms with E-state index in [0.29, 0.717) is 5.69 Å². The Hall–Kier alpha value is -0.840. The summed E-state index contributed by atoms with van der Waals surface area (Å²) in [5.41, 5.74) is 0.123. The van der Waals surface area contributed by atoms with Gasteiger partial charge in [-0.1, -0.05) is 34.9 Å². The second-order valence-corrected chi connectivity index (χ2v) is 4.02. The SMILES string of the molecule is CCC(CC)(CBr)NC(=O)c1ccon1. The molecule has 1 rings (SSSR count). The summed E-state index contributed by atoms with van der Waals surface area (Å²) < 4.78 is 4.63. The first-order valence-electron chi connectivity index (χ1n) is 4.96. The van der Waals surface area contributed by atoms with Gasteiger partial charge >= 0.3 is 0 Å². The normalized spacial score (nSPS) is 11.4. The average molecular weight is 275 g/mol. The maximum atomic E-state index is 11.7. The summed E-state index contributed by atoms with van der Waals surface area (Å²) in [6.45, 7) is 4.10. The van der Waals surface area contributed by atoms with Gasteiger partial charge in [0.15, 0.2) is 5.69 Å². The molecule has 0 aliphatic rings. The Balaban J connectivity index is 2.71. The van der Waals surface area contributed by atoms with Gasteiger partial charge in [-0.3, -0.25) is 4.79 Å². The Morgan fingerprint density at radius 1 is 1.60 bits per heavy atom. The standard InChI is InChI=1S/C10H15BrN2O2/c1-3-10(4-2,7-11)12-9(14)8-5-6-15-13-8/h5-6H,3-4,7H2,1-2H3,(H,12,14). The van der Waals surface area contributed by atoms with Crippen molar-refractivity contribution in [2.75, 3.05) is 5.33 Å². The highest BCUT2D eigenvalue weighted by molar-refractivity contribution is 9.09. The fourth-order valence-corrected chi connectivity index (χ4v) is 2.22. The summed E-state index contributed by atoms with van der Waals surface area (Å²) in [5, 5.41) is 7.31. The molecule has 0 bridgehead atoms. The van der Waals surface area contributed by atoms with Crippen molar-refractivity contribution in [1.29, 1.82) is 0 Å². The number of carbonyl (C=O) groups is 1. The van der Waals surface area contributed by atoms with Crippen molar-refractivity contribution >= 4 is 21.8 Å². The molecule has 0 aliphatic carbocycles. The first kappa shape index (κ1) is 12.2. The van der Waals surface area contributed by atoms with Crippen LogP contribution in [0.15, 0.2) is 16.9 Å². The van der Waals surface area contributed by atoms with Crippen molar-refractivity contribution in [3.05, 3.63) is 18.0 Å². The molecule has 0 saturated carbocycles. The number of nitrogens with one attached hydrogen (secondary N) is 1. The van der Waals surface area contributed by atoms with E-state index in [4.69, 9.17) is 0 Å². The molecular formula is C10H15BrN2O2. The molecule has 0 spiro atoms. The van der Waals surface area contributed by atoms with Crippen molar-refractivity contribution < 1.29 is 9.32 Å². The van der Waals surface area contributed by atoms with Crippen molar-refractivity contribution in [3.8, 4) is 0 Å². The molecular weight excluding hydrogens is 260 g/mol. The Morgan fingerprint density at radius 2 is 2.27 bits per heavy atom. The molecule has 1 aromatic heterocycles. The fraction of sp³-hybridized carbons (Fsp3) is 0.600. The first-order valence-corrected chi connectivity index (χ1v) is 6.08. The molecule has 1 heterocycles. The topological polar surface area (TPSA) is 55.1 Å². The van der Waals surface area contributed by atoms with Crippen LogP contribution in [0.1, 0.15) is 37.2 Å². The fourth-order valence-electron chi connectivity index (χ4n) is 1.28. The zero-order valence-corrected chi connectivity index (χ0v) is 10.5. The number of nitrogens with zero attached hydrogens (tertiary/aromatic N) is 1. The predicted molar refractivity (Wildman–Crippen MR) is 61.1 cm³/mol. The zero-order valence-electron chi connectivity index (χ0n) is 8.92. The van der Waals surface area contributed by atoms with E-state index in [2.05, 4.69) is 30.9 Å². The summed E-state index contributed by atoms with van der Waals surface area (Å²) in [6.07, 6.45) is 3.14. The highest BCUT2D eigenvalue weighted by Gasteiger charge is 2.27. The van der Waals surface area contributed by atoms with Gasteiger partial charge in [-0.05, 0) is 12.8 Å². The maximum Gasteiger partial charge on any atom is 0.273 e. The van der Waals surface area contributed by atoms with E-state index >= 15 is 0 Å². The van der Waals surface area contributed by atoms with E-state index in [9.17, 15) is 4.79 Å². The van der Waals surface area contributed by atoms with Gasteiger partial charge in [-0.15, -0.1) is 0 Å². The van der Waals surface area contributed by atoms with Crippen molar-refractivity contribution in [3.63, 3.8) is 0 Å². The lowest BCUT2D eigenvalue weighted by molar-refractivity contribution is 0.0894. The van der Waals surface area contributed by atoms with Crippen LogP contribution in [0.2, 0.25) is 0 Å². The monoisotopic (exact) mass is 274 g/mol. The molecule has 0 radical (unpaired) electrons. The molecule has 1 N–H and O–H groups in total. The lowest BCUT2D eigenvalue weighted by Gasteiger charge is -2.30. The molecule has 0 unspecified atom stereocenters. The van der Waals surface area contributed by atoms with Crippen LogP contribution >= 0.6 is 15.9 Å². The molecule has 5 heteroatoms. The minimum Gasteiger partial charge on any atom is -0.364 e. The van der Waals surface area contributed by atoms with Crippen LogP contribution in [0, 0.1) is 0 Å². The summed E-state index contributed by atoms with van der Waals surface area (Å²) >= 11 is 3.43. The molecule has 0 saturated heterocycles. The molecule has 4 nitrogen and oxygen atoms in total. The lowest BCUT2D eigenvalue weighted by atomic mass is 9.95. The van der Waals surface area contributed by atoms with Gasteiger partial charge < -0.3 is 9.84 Å². The molecule has 1 aromatic rings. The van der Waals surface area contributed by atoms with Crippen LogP contribution in [0.3, 0.4) is 0 Å². The number of hydrogen-bond donors (Lipinski definition) is 1. The Bertz CT molecular complexity index is 299. The first-order chi connectivity index (χ1) is 7.17. The highest BCUT2D eigenvalue weighted by atomic mass is 79.9. The van der Waals surface area contributed by atoms with E-state index in [0.717, 1.165) is 18.2 Å². The van der Waals surface area contributed by atoms with Gasteiger partial charge in [0.1, 0.15) is 6.26 Å². The number of rotatable bonds is 5. The van der Waals surface area contributed by atoms with Gasteiger partial charge in [0.2, 0.25) is 0 Å². The molecule has 84 valence electrons. The minimum atomic E-state index is -0.198. The predicted octanol–water partition coefficient (Wildman–Crippen LogP) is 2.36. The smallest absolute Gasteiger partial charge is 0.273 e. The second kappa shape index (κ2) is 5.30. The number of halogens is 1. The van der Waals surface area contributed by atoms with Crippen molar-refractivity contribution in [2.45, 2.75) is 32.2 Å². The third kappa shape index (κ3) is 2.81. The minimum absolute atomic E-state index is 0.188. The van der Waals surface area contributed by atoms with Crippen LogP contribution in [0.5, 0.6) is 0 Å². The summed E-state index contributed by atoms with van der Waals surface area (Å²) in [4.78, 5) is 11.7. The average Bonchev–Trinajstić information content (AvgIpc) is 2.79. The maximum absolute atomic E-state index is 11.7. The van der Waals surface area contributed by atoms with E-state index in [1.54, 1.807) is 6.07 Å². The van der Waals surface area contributed by atoms with Gasteiger partial charge in [-0.2, -0.15) is 0 Å². The quantitative estimate of drug-likeness (QED) is 0.839. The number of hydrogen-bond acceptors (Lipinski definition) is 3. The number of aromatic nitrogens is 1. The molecule has 0 atom stereocenters. The van der Waals surface area contributed by atoms with Gasteiger partial charge in [0, 0.05) is 16.9 Å². The lowest BCUT2D eigenvalue weighted by Crippen LogP contribution is -2.49. The molecule has 0 aliphatic heterocycles. The van der Waals surface area contributed by atoms with Crippen LogP contribution in [0.25, 0.3) is 0 Å². The largest absolute Gasteiger partial charge is 0.364 e. The van der Waals surface area contributed by atoms with Crippen LogP contribution in [-0.4, -0.2) is 21.9 Å². The van der Waals surface area contributed by atoms with Gasteiger partial charge in [0.25, 0.3) is 5.91 Å². The highest BCUT2D eigenvalue weighted by Crippen LogP contribution is 2.18. The van der Waals surface area contributed by atoms with Crippen LogP contribution < -0.4 is 5.32 Å². The Labute approximate surface area is 97.5 Å². The molecule has 15 heavy (non-hydrogen) atoms. The van der Waals surface area contributed by atoms with E-state index in [-0.39, 0.29) is 11.4 Å². The van der Waals surface area contributed by atoms with Crippen molar-refractivity contribution in [1.82, 2.24) is 10.5 Å². The summed E-state index contributed by atoms with van der Waals surface area (Å²) in [7, 11) is 0. The van der Waals surface area contributed by atoms with E-state index in [1.165, 1.54) is 6.26 Å². The molecule has 0 fully saturated rings. The summed E-state index contributed by atoms with van der Waals surface area (Å²) in [6, 6.07) is 1.56.